The summed E-state index contributed by atoms with van der Waals surface area (Å²) >= 11 is 0. The van der Waals surface area contributed by atoms with Crippen LogP contribution in [0.3, 0.4) is 0 Å². The summed E-state index contributed by atoms with van der Waals surface area (Å²) < 4.78 is 21.6. The Bertz CT molecular complexity index is 1410. The van der Waals surface area contributed by atoms with E-state index in [1.54, 1.807) is 0 Å². The Kier molecular flexibility index (Phi) is 11.4. The summed E-state index contributed by atoms with van der Waals surface area (Å²) in [6, 6.07) is 17.3. The van der Waals surface area contributed by atoms with Crippen LogP contribution in [0.1, 0.15) is 101 Å². The van der Waals surface area contributed by atoms with Gasteiger partial charge in [-0.15, -0.1) is 0 Å². The Morgan fingerprint density at radius 1 is 0.822 bits per heavy atom. The molecule has 0 spiro atoms. The minimum atomic E-state index is -1.01. The molecule has 1 aromatic heterocycles. The summed E-state index contributed by atoms with van der Waals surface area (Å²) in [6.07, 6.45) is 0.813. The van der Waals surface area contributed by atoms with Gasteiger partial charge in [-0.3, -0.25) is 9.59 Å². The third-order valence-electron chi connectivity index (χ3n) is 7.51. The molecule has 45 heavy (non-hydrogen) atoms. The van der Waals surface area contributed by atoms with Crippen molar-refractivity contribution in [3.63, 3.8) is 0 Å². The number of rotatable bonds is 11. The number of benzene rings is 2. The molecule has 0 bridgehead atoms. The van der Waals surface area contributed by atoms with Gasteiger partial charge in [0, 0.05) is 25.1 Å². The third kappa shape index (κ3) is 9.30. The summed E-state index contributed by atoms with van der Waals surface area (Å²) in [4.78, 5) is 41.8. The Morgan fingerprint density at radius 2 is 1.33 bits per heavy atom. The molecule has 0 aliphatic heterocycles. The van der Waals surface area contributed by atoms with E-state index in [1.165, 1.54) is 44.3 Å². The van der Waals surface area contributed by atoms with Crippen molar-refractivity contribution in [1.29, 1.82) is 0 Å². The van der Waals surface area contributed by atoms with Crippen molar-refractivity contribution in [2.75, 3.05) is 13.9 Å². The topological polar surface area (TPSA) is 113 Å². The number of esters is 2. The third-order valence-corrected chi connectivity index (χ3v) is 7.51. The van der Waals surface area contributed by atoms with Crippen LogP contribution >= 0.6 is 0 Å². The van der Waals surface area contributed by atoms with Crippen LogP contribution in [0, 0.1) is 0 Å². The van der Waals surface area contributed by atoms with Gasteiger partial charge in [-0.2, -0.15) is 0 Å². The van der Waals surface area contributed by atoms with Crippen molar-refractivity contribution < 1.29 is 33.3 Å². The first-order chi connectivity index (χ1) is 21.0. The summed E-state index contributed by atoms with van der Waals surface area (Å²) in [6.45, 7) is 17.2. The lowest BCUT2D eigenvalue weighted by molar-refractivity contribution is -0.151. The van der Waals surface area contributed by atoms with E-state index in [4.69, 9.17) is 18.9 Å². The van der Waals surface area contributed by atoms with Crippen molar-refractivity contribution in [2.24, 2.45) is 0 Å². The summed E-state index contributed by atoms with van der Waals surface area (Å²) in [5.41, 5.74) is 4.30. The standard InChI is InChI=1S/C36H46N2O7/c1-22(38-33(40)31-32(44-21-43-24(3)39)29(42-10)19-20-37-31)34(41)45-23(2)30(25-11-15-27(16-12-25)35(4,5)6)26-13-17-28(18-14-26)36(7,8)9/h11-20,22-23,30H,21H2,1-10H3,(H,38,40)/t22-,23-/m0/s1. The molecule has 9 nitrogen and oxygen atoms in total. The molecule has 242 valence electrons. The van der Waals surface area contributed by atoms with Gasteiger partial charge in [0.05, 0.1) is 7.11 Å². The van der Waals surface area contributed by atoms with Crippen LogP contribution in [0.5, 0.6) is 11.5 Å². The minimum Gasteiger partial charge on any atom is -0.493 e. The van der Waals surface area contributed by atoms with Crippen molar-refractivity contribution in [3.05, 3.63) is 88.7 Å². The van der Waals surface area contributed by atoms with Crippen LogP contribution in [0.15, 0.2) is 60.8 Å². The highest BCUT2D eigenvalue weighted by Crippen LogP contribution is 2.34. The first kappa shape index (κ1) is 35.1. The molecule has 2 aromatic carbocycles. The SMILES string of the molecule is COc1ccnc(C(=O)N[C@@H](C)C(=O)O[C@@H](C)C(c2ccc(C(C)(C)C)cc2)c2ccc(C(C)(C)C)cc2)c1OCOC(C)=O. The Hall–Kier alpha value is -4.40. The predicted octanol–water partition coefficient (Wildman–Crippen LogP) is 6.47. The quantitative estimate of drug-likeness (QED) is 0.192. The van der Waals surface area contributed by atoms with Gasteiger partial charge in [-0.05, 0) is 46.9 Å². The molecule has 3 aromatic rings. The molecule has 3 rings (SSSR count). The number of carbonyl (C=O) groups excluding carboxylic acids is 3. The highest BCUT2D eigenvalue weighted by Gasteiger charge is 2.30. The van der Waals surface area contributed by atoms with E-state index in [9.17, 15) is 14.4 Å². The van der Waals surface area contributed by atoms with Crippen molar-refractivity contribution >= 4 is 17.8 Å². The Balaban J connectivity index is 1.83. The molecular weight excluding hydrogens is 572 g/mol. The number of ether oxygens (including phenoxy) is 4. The molecule has 0 aliphatic rings. The van der Waals surface area contributed by atoms with Gasteiger partial charge in [0.25, 0.3) is 5.91 Å². The normalized spacial score (nSPS) is 13.0. The van der Waals surface area contributed by atoms with Gasteiger partial charge in [0.15, 0.2) is 17.2 Å². The summed E-state index contributed by atoms with van der Waals surface area (Å²) in [5, 5.41) is 2.64. The molecule has 1 N–H and O–H groups in total. The van der Waals surface area contributed by atoms with Crippen LogP contribution in [-0.2, 0) is 29.9 Å². The molecule has 0 saturated carbocycles. The second-order valence-corrected chi connectivity index (χ2v) is 13.1. The monoisotopic (exact) mass is 618 g/mol. The molecule has 0 unspecified atom stereocenters. The number of carbonyl (C=O) groups is 3. The van der Waals surface area contributed by atoms with Gasteiger partial charge in [0.2, 0.25) is 6.79 Å². The number of amides is 1. The van der Waals surface area contributed by atoms with E-state index < -0.39 is 36.8 Å². The number of hydrogen-bond acceptors (Lipinski definition) is 8. The Labute approximate surface area is 266 Å². The summed E-state index contributed by atoms with van der Waals surface area (Å²) in [5.74, 6) is -1.90. The molecule has 9 heteroatoms. The van der Waals surface area contributed by atoms with Gasteiger partial charge in [0.1, 0.15) is 12.1 Å². The van der Waals surface area contributed by atoms with E-state index in [-0.39, 0.29) is 33.9 Å². The number of pyridine rings is 1. The van der Waals surface area contributed by atoms with Gasteiger partial charge >= 0.3 is 11.9 Å². The largest absolute Gasteiger partial charge is 0.493 e. The maximum Gasteiger partial charge on any atom is 0.328 e. The zero-order chi connectivity index (χ0) is 33.5. The molecule has 1 heterocycles. The zero-order valence-corrected chi connectivity index (χ0v) is 28.0. The number of aromatic nitrogens is 1. The lowest BCUT2D eigenvalue weighted by Gasteiger charge is -2.28. The van der Waals surface area contributed by atoms with Crippen LogP contribution in [0.25, 0.3) is 0 Å². The molecule has 0 saturated heterocycles. The maximum atomic E-state index is 13.3. The minimum absolute atomic E-state index is 0.00289. The van der Waals surface area contributed by atoms with E-state index in [0.29, 0.717) is 0 Å². The lowest BCUT2D eigenvalue weighted by atomic mass is 9.81. The van der Waals surface area contributed by atoms with Crippen LogP contribution in [0.4, 0.5) is 0 Å². The molecule has 2 atom stereocenters. The van der Waals surface area contributed by atoms with Crippen molar-refractivity contribution in [1.82, 2.24) is 10.3 Å². The first-order valence-electron chi connectivity index (χ1n) is 15.0. The molecule has 0 radical (unpaired) electrons. The average molecular weight is 619 g/mol. The molecular formula is C36H46N2O7. The second-order valence-electron chi connectivity index (χ2n) is 13.1. The van der Waals surface area contributed by atoms with Crippen molar-refractivity contribution in [2.45, 2.75) is 91.2 Å². The predicted molar refractivity (Wildman–Crippen MR) is 173 cm³/mol. The van der Waals surface area contributed by atoms with Gasteiger partial charge < -0.3 is 24.3 Å². The zero-order valence-electron chi connectivity index (χ0n) is 28.0. The second kappa shape index (κ2) is 14.6. The van der Waals surface area contributed by atoms with Crippen LogP contribution in [-0.4, -0.2) is 48.9 Å². The fourth-order valence-electron chi connectivity index (χ4n) is 4.86. The fraction of sp³-hybridized carbons (Fsp3) is 0.444. The highest BCUT2D eigenvalue weighted by molar-refractivity contribution is 5.98. The number of methoxy groups -OCH3 is 1. The van der Waals surface area contributed by atoms with Crippen molar-refractivity contribution in [3.8, 4) is 11.5 Å². The Morgan fingerprint density at radius 3 is 1.78 bits per heavy atom. The van der Waals surface area contributed by atoms with Gasteiger partial charge in [-0.25, -0.2) is 9.78 Å². The summed E-state index contributed by atoms with van der Waals surface area (Å²) in [7, 11) is 1.40. The van der Waals surface area contributed by atoms with E-state index >= 15 is 0 Å². The molecule has 0 aliphatic carbocycles. The van der Waals surface area contributed by atoms with E-state index in [0.717, 1.165) is 11.1 Å². The number of hydrogen-bond donors (Lipinski definition) is 1. The van der Waals surface area contributed by atoms with Gasteiger partial charge in [-0.1, -0.05) is 90.1 Å². The molecule has 0 fully saturated rings. The van der Waals surface area contributed by atoms with E-state index in [2.05, 4.69) is 100 Å². The highest BCUT2D eigenvalue weighted by atomic mass is 16.7. The van der Waals surface area contributed by atoms with Crippen LogP contribution in [0.2, 0.25) is 0 Å². The average Bonchev–Trinajstić information content (AvgIpc) is 2.96. The first-order valence-corrected chi connectivity index (χ1v) is 15.0. The number of nitrogens with one attached hydrogen (secondary N) is 1. The van der Waals surface area contributed by atoms with E-state index in [1.807, 2.05) is 6.92 Å². The number of nitrogens with zero attached hydrogens (tertiary/aromatic N) is 1. The maximum absolute atomic E-state index is 13.3. The smallest absolute Gasteiger partial charge is 0.328 e. The lowest BCUT2D eigenvalue weighted by Crippen LogP contribution is -2.41. The molecule has 1 amide bonds. The van der Waals surface area contributed by atoms with Crippen LogP contribution < -0.4 is 14.8 Å². The fourth-order valence-corrected chi connectivity index (χ4v) is 4.86.